The van der Waals surface area contributed by atoms with Gasteiger partial charge in [-0.15, -0.1) is 0 Å². The highest BCUT2D eigenvalue weighted by molar-refractivity contribution is 5.85. The second-order valence-electron chi connectivity index (χ2n) is 3.46. The molecule has 0 aliphatic rings. The van der Waals surface area contributed by atoms with Gasteiger partial charge in [-0.3, -0.25) is 0 Å². The molecule has 1 nitrogen and oxygen atoms in total. The first kappa shape index (κ1) is 10.2. The van der Waals surface area contributed by atoms with Crippen LogP contribution in [0.2, 0.25) is 0 Å². The lowest BCUT2D eigenvalue weighted by molar-refractivity contribution is 0.213. The van der Waals surface area contributed by atoms with Crippen LogP contribution in [0.4, 0.5) is 0 Å². The zero-order chi connectivity index (χ0) is 10.5. The summed E-state index contributed by atoms with van der Waals surface area (Å²) in [6.45, 7) is 4.62. The summed E-state index contributed by atoms with van der Waals surface area (Å²) in [5.74, 6) is 0. The largest absolute Gasteiger partial charge is 0.375 e. The van der Waals surface area contributed by atoms with Crippen molar-refractivity contribution in [2.45, 2.75) is 13.3 Å². The molecule has 2 rings (SSSR count). The zero-order valence-corrected chi connectivity index (χ0v) is 8.94. The molecule has 0 amide bonds. The quantitative estimate of drug-likeness (QED) is 0.684. The lowest BCUT2D eigenvalue weighted by Gasteiger charge is -2.05. The predicted molar refractivity (Wildman–Crippen MR) is 63.6 cm³/mol. The Kier molecular flexibility index (Phi) is 3.36. The summed E-state index contributed by atoms with van der Waals surface area (Å²) < 4.78 is 5.26. The normalized spacial score (nSPS) is 10.7. The molecule has 0 heterocycles. The van der Waals surface area contributed by atoms with Crippen LogP contribution in [0.3, 0.4) is 0 Å². The molecular formula is C14H15O. The molecule has 0 unspecified atom stereocenters. The van der Waals surface area contributed by atoms with Gasteiger partial charge in [0.15, 0.2) is 0 Å². The minimum Gasteiger partial charge on any atom is -0.375 e. The summed E-state index contributed by atoms with van der Waals surface area (Å²) in [5.41, 5.74) is 1.32. The highest BCUT2D eigenvalue weighted by Crippen LogP contribution is 2.19. The summed E-state index contributed by atoms with van der Waals surface area (Å²) in [6.07, 6.45) is 0.870. The van der Waals surface area contributed by atoms with Gasteiger partial charge >= 0.3 is 0 Å². The Morgan fingerprint density at radius 2 is 1.87 bits per heavy atom. The molecule has 0 saturated heterocycles. The molecule has 0 atom stereocenters. The van der Waals surface area contributed by atoms with Crippen LogP contribution >= 0.6 is 0 Å². The summed E-state index contributed by atoms with van der Waals surface area (Å²) >= 11 is 0. The average molecular weight is 199 g/mol. The zero-order valence-electron chi connectivity index (χ0n) is 8.94. The fraction of sp³-hybridized carbons (Fsp3) is 0.214. The van der Waals surface area contributed by atoms with Crippen LogP contribution in [-0.2, 0) is 11.2 Å². The van der Waals surface area contributed by atoms with E-state index in [-0.39, 0.29) is 0 Å². The van der Waals surface area contributed by atoms with E-state index >= 15 is 0 Å². The Labute approximate surface area is 90.7 Å². The second kappa shape index (κ2) is 4.94. The third-order valence-electron chi connectivity index (χ3n) is 2.47. The molecule has 77 valence electrons. The van der Waals surface area contributed by atoms with Gasteiger partial charge in [-0.1, -0.05) is 42.5 Å². The standard InChI is InChI=1S/C14H15O/c1-2-15-11-10-13-8-5-7-12-6-3-4-9-14(12)13/h3-9,11H,2,10H2,1H3. The van der Waals surface area contributed by atoms with E-state index in [2.05, 4.69) is 42.5 Å². The van der Waals surface area contributed by atoms with Gasteiger partial charge in [0.1, 0.15) is 0 Å². The fourth-order valence-electron chi connectivity index (χ4n) is 1.74. The van der Waals surface area contributed by atoms with Crippen molar-refractivity contribution in [3.63, 3.8) is 0 Å². The second-order valence-corrected chi connectivity index (χ2v) is 3.46. The molecule has 2 aromatic rings. The Morgan fingerprint density at radius 3 is 2.73 bits per heavy atom. The Hall–Kier alpha value is -1.34. The van der Waals surface area contributed by atoms with Crippen molar-refractivity contribution in [2.75, 3.05) is 6.61 Å². The van der Waals surface area contributed by atoms with Gasteiger partial charge in [-0.25, -0.2) is 0 Å². The monoisotopic (exact) mass is 199 g/mol. The molecule has 2 aromatic carbocycles. The van der Waals surface area contributed by atoms with E-state index < -0.39 is 0 Å². The lowest BCUT2D eigenvalue weighted by atomic mass is 10.0. The molecule has 0 aliphatic heterocycles. The Balaban J connectivity index is 2.26. The minimum absolute atomic E-state index is 0.741. The molecule has 0 fully saturated rings. The van der Waals surface area contributed by atoms with Crippen molar-refractivity contribution in [2.24, 2.45) is 0 Å². The van der Waals surface area contributed by atoms with Crippen LogP contribution < -0.4 is 0 Å². The van der Waals surface area contributed by atoms with E-state index in [9.17, 15) is 0 Å². The number of fused-ring (bicyclic) bond motifs is 1. The van der Waals surface area contributed by atoms with Gasteiger partial charge in [0.2, 0.25) is 0 Å². The van der Waals surface area contributed by atoms with Crippen molar-refractivity contribution >= 4 is 10.8 Å². The molecule has 1 heteroatoms. The first-order chi connectivity index (χ1) is 7.42. The van der Waals surface area contributed by atoms with Gasteiger partial charge in [0.05, 0.1) is 6.61 Å². The van der Waals surface area contributed by atoms with Crippen molar-refractivity contribution < 1.29 is 4.74 Å². The third-order valence-corrected chi connectivity index (χ3v) is 2.47. The van der Waals surface area contributed by atoms with Crippen molar-refractivity contribution in [1.82, 2.24) is 0 Å². The van der Waals surface area contributed by atoms with E-state index in [4.69, 9.17) is 4.74 Å². The third kappa shape index (κ3) is 2.37. The number of hydrogen-bond donors (Lipinski definition) is 0. The van der Waals surface area contributed by atoms with E-state index in [0.717, 1.165) is 13.0 Å². The Bertz CT molecular complexity index is 429. The molecule has 0 aromatic heterocycles. The molecule has 1 radical (unpaired) electrons. The maximum absolute atomic E-state index is 5.26. The molecule has 0 N–H and O–H groups in total. The van der Waals surface area contributed by atoms with Gasteiger partial charge in [0.25, 0.3) is 0 Å². The van der Waals surface area contributed by atoms with Gasteiger partial charge < -0.3 is 4.74 Å². The molecule has 0 saturated carbocycles. The smallest absolute Gasteiger partial charge is 0.0880 e. The predicted octanol–water partition coefficient (Wildman–Crippen LogP) is 3.58. The summed E-state index contributed by atoms with van der Waals surface area (Å²) in [6, 6.07) is 14.8. The van der Waals surface area contributed by atoms with Crippen LogP contribution in [0.15, 0.2) is 42.5 Å². The molecule has 0 bridgehead atoms. The average Bonchev–Trinajstić information content (AvgIpc) is 2.30. The van der Waals surface area contributed by atoms with Crippen LogP contribution in [0.1, 0.15) is 12.5 Å². The topological polar surface area (TPSA) is 9.23 Å². The molecule has 15 heavy (non-hydrogen) atoms. The van der Waals surface area contributed by atoms with Crippen molar-refractivity contribution in [1.29, 1.82) is 0 Å². The van der Waals surface area contributed by atoms with Crippen molar-refractivity contribution in [3.05, 3.63) is 54.6 Å². The van der Waals surface area contributed by atoms with Gasteiger partial charge in [-0.05, 0) is 23.3 Å². The first-order valence-electron chi connectivity index (χ1n) is 5.31. The van der Waals surface area contributed by atoms with Gasteiger partial charge in [-0.2, -0.15) is 0 Å². The number of ether oxygens (including phenoxy) is 1. The summed E-state index contributed by atoms with van der Waals surface area (Å²) in [4.78, 5) is 0. The van der Waals surface area contributed by atoms with Crippen LogP contribution in [0.25, 0.3) is 10.8 Å². The van der Waals surface area contributed by atoms with Crippen LogP contribution in [-0.4, -0.2) is 6.61 Å². The van der Waals surface area contributed by atoms with Crippen LogP contribution in [0, 0.1) is 6.61 Å². The highest BCUT2D eigenvalue weighted by atomic mass is 16.5. The summed E-state index contributed by atoms with van der Waals surface area (Å²) in [5, 5.41) is 2.61. The maximum Gasteiger partial charge on any atom is 0.0880 e. The maximum atomic E-state index is 5.26. The number of rotatable bonds is 4. The number of benzene rings is 2. The van der Waals surface area contributed by atoms with Crippen molar-refractivity contribution in [3.8, 4) is 0 Å². The fourth-order valence-corrected chi connectivity index (χ4v) is 1.74. The van der Waals surface area contributed by atoms with E-state index in [1.807, 2.05) is 13.5 Å². The molecule has 0 spiro atoms. The van der Waals surface area contributed by atoms with E-state index in [0.29, 0.717) is 0 Å². The van der Waals surface area contributed by atoms with Crippen LogP contribution in [0.5, 0.6) is 0 Å². The first-order valence-corrected chi connectivity index (χ1v) is 5.31. The number of hydrogen-bond acceptors (Lipinski definition) is 1. The summed E-state index contributed by atoms with van der Waals surface area (Å²) in [7, 11) is 0. The lowest BCUT2D eigenvalue weighted by Crippen LogP contribution is -1.92. The molecular weight excluding hydrogens is 184 g/mol. The van der Waals surface area contributed by atoms with E-state index in [1.165, 1.54) is 16.3 Å². The van der Waals surface area contributed by atoms with Gasteiger partial charge in [0, 0.05) is 13.0 Å². The highest BCUT2D eigenvalue weighted by Gasteiger charge is 1.99. The SMILES string of the molecule is CCO[CH]Cc1cccc2ccccc12. The van der Waals surface area contributed by atoms with E-state index in [1.54, 1.807) is 0 Å². The Morgan fingerprint density at radius 1 is 1.07 bits per heavy atom. The molecule has 0 aliphatic carbocycles. The minimum atomic E-state index is 0.741.